The van der Waals surface area contributed by atoms with Crippen LogP contribution in [-0.2, 0) is 19.6 Å². The molecule has 0 radical (unpaired) electrons. The van der Waals surface area contributed by atoms with Gasteiger partial charge in [-0.15, -0.1) is 0 Å². The van der Waals surface area contributed by atoms with Crippen LogP contribution in [-0.4, -0.2) is 56.0 Å². The van der Waals surface area contributed by atoms with Crippen LogP contribution in [0.3, 0.4) is 0 Å². The van der Waals surface area contributed by atoms with Crippen molar-refractivity contribution in [3.63, 3.8) is 0 Å². The van der Waals surface area contributed by atoms with Gasteiger partial charge in [-0.05, 0) is 19.8 Å². The molecule has 0 saturated carbocycles. The molecule has 1 rings (SSSR count). The molecule has 8 heteroatoms. The van der Waals surface area contributed by atoms with Crippen LogP contribution in [0.25, 0.3) is 0 Å². The number of sulfonamides is 1. The zero-order valence-corrected chi connectivity index (χ0v) is 15.3. The second-order valence-electron chi connectivity index (χ2n) is 6.90. The van der Waals surface area contributed by atoms with Crippen LogP contribution in [0.4, 0.5) is 0 Å². The van der Waals surface area contributed by atoms with E-state index in [0.717, 1.165) is 0 Å². The summed E-state index contributed by atoms with van der Waals surface area (Å²) >= 11 is 0. The molecule has 0 bridgehead atoms. The highest BCUT2D eigenvalue weighted by Crippen LogP contribution is 2.15. The molecule has 0 unspecified atom stereocenters. The van der Waals surface area contributed by atoms with Crippen molar-refractivity contribution in [1.29, 1.82) is 0 Å². The Morgan fingerprint density at radius 1 is 1.17 bits per heavy atom. The Kier molecular flexibility index (Phi) is 7.01. The summed E-state index contributed by atoms with van der Waals surface area (Å²) in [5.74, 6) is -0.0864. The number of hydrogen-bond donors (Lipinski definition) is 2. The summed E-state index contributed by atoms with van der Waals surface area (Å²) in [5.41, 5.74) is -0.464. The number of hydrogen-bond acceptors (Lipinski definition) is 4. The van der Waals surface area contributed by atoms with Gasteiger partial charge in [0.15, 0.2) is 0 Å². The topological polar surface area (TPSA) is 95.6 Å². The van der Waals surface area contributed by atoms with Crippen LogP contribution >= 0.6 is 0 Å². The van der Waals surface area contributed by atoms with Crippen molar-refractivity contribution in [3.05, 3.63) is 0 Å². The van der Waals surface area contributed by atoms with E-state index in [2.05, 4.69) is 10.6 Å². The first-order chi connectivity index (χ1) is 10.6. The smallest absolute Gasteiger partial charge is 0.225 e. The average Bonchev–Trinajstić information content (AvgIpc) is 2.46. The molecule has 1 aliphatic heterocycles. The molecule has 0 aromatic carbocycles. The Labute approximate surface area is 139 Å². The molecule has 0 aromatic heterocycles. The fraction of sp³-hybridized carbons (Fsp3) is 0.867. The van der Waals surface area contributed by atoms with E-state index >= 15 is 0 Å². The second-order valence-corrected chi connectivity index (χ2v) is 9.15. The first-order valence-electron chi connectivity index (χ1n) is 8.11. The van der Waals surface area contributed by atoms with Crippen molar-refractivity contribution in [2.75, 3.05) is 25.4 Å². The molecule has 2 amide bonds. The lowest BCUT2D eigenvalue weighted by molar-refractivity contribution is -0.128. The first kappa shape index (κ1) is 19.9. The fourth-order valence-corrected chi connectivity index (χ4v) is 3.45. The predicted molar refractivity (Wildman–Crippen MR) is 89.3 cm³/mol. The quantitative estimate of drug-likeness (QED) is 0.730. The van der Waals surface area contributed by atoms with Crippen LogP contribution in [0, 0.1) is 5.41 Å². The summed E-state index contributed by atoms with van der Waals surface area (Å²) in [7, 11) is -3.14. The van der Waals surface area contributed by atoms with Gasteiger partial charge in [-0.1, -0.05) is 20.8 Å². The molecular formula is C15H29N3O4S. The van der Waals surface area contributed by atoms with Crippen molar-refractivity contribution in [2.45, 2.75) is 53.0 Å². The molecule has 1 fully saturated rings. The maximum atomic E-state index is 11.9. The highest BCUT2D eigenvalue weighted by Gasteiger charge is 2.27. The predicted octanol–water partition coefficient (Wildman–Crippen LogP) is 0.469. The van der Waals surface area contributed by atoms with Crippen LogP contribution in [0.1, 0.15) is 47.0 Å². The van der Waals surface area contributed by atoms with Crippen LogP contribution in [0.2, 0.25) is 0 Å². The maximum absolute atomic E-state index is 11.9. The monoisotopic (exact) mass is 347 g/mol. The van der Waals surface area contributed by atoms with E-state index in [1.165, 1.54) is 4.31 Å². The van der Waals surface area contributed by atoms with Gasteiger partial charge in [-0.25, -0.2) is 12.7 Å². The molecular weight excluding hydrogens is 318 g/mol. The number of nitrogens with one attached hydrogen (secondary N) is 2. The first-order valence-corrected chi connectivity index (χ1v) is 9.72. The summed E-state index contributed by atoms with van der Waals surface area (Å²) in [5, 5.41) is 5.65. The molecule has 0 aromatic rings. The number of carbonyl (C=O) groups is 2. The molecule has 1 heterocycles. The van der Waals surface area contributed by atoms with Crippen LogP contribution in [0.15, 0.2) is 0 Å². The van der Waals surface area contributed by atoms with Crippen LogP contribution in [0.5, 0.6) is 0 Å². The molecule has 0 aliphatic carbocycles. The van der Waals surface area contributed by atoms with E-state index in [9.17, 15) is 18.0 Å². The summed E-state index contributed by atoms with van der Waals surface area (Å²) in [6.07, 6.45) is 1.48. The standard InChI is InChI=1S/C15H29N3O4S/c1-5-23(21,22)18-10-7-12(8-11-18)17-13(19)6-9-16-14(20)15(2,3)4/h12H,5-11H2,1-4H3,(H,16,20)(H,17,19). The van der Waals surface area contributed by atoms with Crippen LogP contribution < -0.4 is 10.6 Å². The minimum absolute atomic E-state index is 0.00382. The van der Waals surface area contributed by atoms with Crippen molar-refractivity contribution < 1.29 is 18.0 Å². The second kappa shape index (κ2) is 8.10. The van der Waals surface area contributed by atoms with Crippen molar-refractivity contribution in [1.82, 2.24) is 14.9 Å². The van der Waals surface area contributed by atoms with Gasteiger partial charge < -0.3 is 10.6 Å². The Morgan fingerprint density at radius 2 is 1.74 bits per heavy atom. The average molecular weight is 347 g/mol. The Bertz CT molecular complexity index is 517. The van der Waals surface area contributed by atoms with Gasteiger partial charge in [0.05, 0.1) is 5.75 Å². The van der Waals surface area contributed by atoms with Gasteiger partial charge in [-0.2, -0.15) is 0 Å². The number of nitrogens with zero attached hydrogens (tertiary/aromatic N) is 1. The van der Waals surface area contributed by atoms with Gasteiger partial charge in [0.1, 0.15) is 0 Å². The van der Waals surface area contributed by atoms with Gasteiger partial charge in [0, 0.05) is 37.5 Å². The van der Waals surface area contributed by atoms with E-state index in [1.54, 1.807) is 6.92 Å². The third-order valence-electron chi connectivity index (χ3n) is 3.90. The number of rotatable bonds is 6. The van der Waals surface area contributed by atoms with E-state index in [4.69, 9.17) is 0 Å². The lowest BCUT2D eigenvalue weighted by atomic mass is 9.96. The zero-order chi connectivity index (χ0) is 17.7. The Morgan fingerprint density at radius 3 is 2.22 bits per heavy atom. The Balaban J connectivity index is 2.28. The fourth-order valence-electron chi connectivity index (χ4n) is 2.32. The maximum Gasteiger partial charge on any atom is 0.225 e. The molecule has 1 saturated heterocycles. The number of piperidine rings is 1. The largest absolute Gasteiger partial charge is 0.355 e. The zero-order valence-electron chi connectivity index (χ0n) is 14.5. The SMILES string of the molecule is CCS(=O)(=O)N1CCC(NC(=O)CCNC(=O)C(C)(C)C)CC1. The molecule has 7 nitrogen and oxygen atoms in total. The van der Waals surface area contributed by atoms with Gasteiger partial charge in [0.25, 0.3) is 0 Å². The lowest BCUT2D eigenvalue weighted by Gasteiger charge is -2.31. The van der Waals surface area contributed by atoms with E-state index in [-0.39, 0.29) is 30.0 Å². The van der Waals surface area contributed by atoms with Gasteiger partial charge in [0.2, 0.25) is 21.8 Å². The summed E-state index contributed by atoms with van der Waals surface area (Å²) in [4.78, 5) is 23.6. The molecule has 134 valence electrons. The third kappa shape index (κ3) is 6.47. The van der Waals surface area contributed by atoms with Crippen molar-refractivity contribution in [3.8, 4) is 0 Å². The summed E-state index contributed by atoms with van der Waals surface area (Å²) in [6, 6.07) is 0.00382. The van der Waals surface area contributed by atoms with E-state index in [1.807, 2.05) is 20.8 Å². The van der Waals surface area contributed by atoms with E-state index in [0.29, 0.717) is 32.5 Å². The molecule has 0 spiro atoms. The lowest BCUT2D eigenvalue weighted by Crippen LogP contribution is -2.47. The van der Waals surface area contributed by atoms with Crippen molar-refractivity contribution >= 4 is 21.8 Å². The third-order valence-corrected chi connectivity index (χ3v) is 5.78. The normalized spacial score (nSPS) is 17.7. The summed E-state index contributed by atoms with van der Waals surface area (Å²) < 4.78 is 25.0. The van der Waals surface area contributed by atoms with Gasteiger partial charge >= 0.3 is 0 Å². The highest BCUT2D eigenvalue weighted by atomic mass is 32.2. The molecule has 1 aliphatic rings. The minimum Gasteiger partial charge on any atom is -0.355 e. The highest BCUT2D eigenvalue weighted by molar-refractivity contribution is 7.89. The molecule has 2 N–H and O–H groups in total. The van der Waals surface area contributed by atoms with Gasteiger partial charge in [-0.3, -0.25) is 9.59 Å². The number of carbonyl (C=O) groups excluding carboxylic acids is 2. The molecule has 23 heavy (non-hydrogen) atoms. The number of amides is 2. The molecule has 0 atom stereocenters. The van der Waals surface area contributed by atoms with Crippen molar-refractivity contribution in [2.24, 2.45) is 5.41 Å². The Hall–Kier alpha value is -1.15. The van der Waals surface area contributed by atoms with E-state index < -0.39 is 15.4 Å². The minimum atomic E-state index is -3.14. The summed E-state index contributed by atoms with van der Waals surface area (Å²) in [6.45, 7) is 8.30.